The molecule has 1 aromatic heterocycles. The highest BCUT2D eigenvalue weighted by Crippen LogP contribution is 2.42. The molecule has 1 saturated carbocycles. The average molecular weight is 292 g/mol. The molecule has 0 saturated heterocycles. The molecule has 6 heteroatoms. The fourth-order valence-electron chi connectivity index (χ4n) is 2.75. The van der Waals surface area contributed by atoms with E-state index in [-0.39, 0.29) is 12.0 Å². The van der Waals surface area contributed by atoms with Gasteiger partial charge in [0.2, 0.25) is 0 Å². The molecule has 3 unspecified atom stereocenters. The minimum atomic E-state index is -4.35. The predicted octanol–water partition coefficient (Wildman–Crippen LogP) is 4.03. The second-order valence-corrected chi connectivity index (χ2v) is 6.72. The van der Waals surface area contributed by atoms with Crippen LogP contribution < -0.4 is 5.73 Å². The van der Waals surface area contributed by atoms with Crippen LogP contribution in [0.1, 0.15) is 48.9 Å². The van der Waals surface area contributed by atoms with E-state index < -0.39 is 11.2 Å². The third kappa shape index (κ3) is 3.28. The van der Waals surface area contributed by atoms with Crippen LogP contribution in [0.3, 0.4) is 0 Å². The van der Waals surface area contributed by atoms with Crippen molar-refractivity contribution >= 4 is 11.3 Å². The molecule has 0 bridgehead atoms. The van der Waals surface area contributed by atoms with Crippen molar-refractivity contribution in [3.63, 3.8) is 0 Å². The maximum Gasteiger partial charge on any atom is 0.443 e. The lowest BCUT2D eigenvalue weighted by atomic mass is 9.73. The minimum absolute atomic E-state index is 0.0229. The molecule has 2 nitrogen and oxygen atoms in total. The summed E-state index contributed by atoms with van der Waals surface area (Å²) in [5.74, 6) is 1.11. The fraction of sp³-hybridized carbons (Fsp3) is 0.769. The number of nitrogens with two attached hydrogens (primary N) is 1. The Labute approximate surface area is 115 Å². The van der Waals surface area contributed by atoms with Gasteiger partial charge in [-0.1, -0.05) is 13.8 Å². The second kappa shape index (κ2) is 5.40. The first-order chi connectivity index (χ1) is 8.79. The largest absolute Gasteiger partial charge is 0.443 e. The van der Waals surface area contributed by atoms with E-state index in [2.05, 4.69) is 18.8 Å². The van der Waals surface area contributed by atoms with Crippen molar-refractivity contribution in [3.8, 4) is 0 Å². The lowest BCUT2D eigenvalue weighted by molar-refractivity contribution is -0.137. The van der Waals surface area contributed by atoms with Crippen molar-refractivity contribution in [2.24, 2.45) is 17.6 Å². The summed E-state index contributed by atoms with van der Waals surface area (Å²) < 4.78 is 37.8. The van der Waals surface area contributed by atoms with Crippen LogP contribution in [0, 0.1) is 11.8 Å². The van der Waals surface area contributed by atoms with Crippen molar-refractivity contribution in [3.05, 3.63) is 16.1 Å². The van der Waals surface area contributed by atoms with Crippen LogP contribution >= 0.6 is 11.3 Å². The van der Waals surface area contributed by atoms with Gasteiger partial charge in [-0.25, -0.2) is 4.98 Å². The van der Waals surface area contributed by atoms with E-state index in [1.54, 1.807) is 0 Å². The van der Waals surface area contributed by atoms with Crippen molar-refractivity contribution in [1.29, 1.82) is 0 Å². The van der Waals surface area contributed by atoms with Gasteiger partial charge in [-0.2, -0.15) is 13.2 Å². The molecule has 108 valence electrons. The Morgan fingerprint density at radius 3 is 2.58 bits per heavy atom. The molecule has 2 rings (SSSR count). The number of alkyl halides is 3. The van der Waals surface area contributed by atoms with Gasteiger partial charge in [-0.05, 0) is 31.1 Å². The summed E-state index contributed by atoms with van der Waals surface area (Å²) >= 11 is 0.748. The number of aromatic nitrogens is 1. The first-order valence-corrected chi connectivity index (χ1v) is 7.39. The Morgan fingerprint density at radius 1 is 1.37 bits per heavy atom. The van der Waals surface area contributed by atoms with E-state index in [1.165, 1.54) is 6.20 Å². The Balaban J connectivity index is 2.17. The zero-order chi connectivity index (χ0) is 14.2. The van der Waals surface area contributed by atoms with Gasteiger partial charge in [0.25, 0.3) is 0 Å². The van der Waals surface area contributed by atoms with E-state index in [0.29, 0.717) is 16.7 Å². The maximum atomic E-state index is 12.6. The number of hydrogen-bond acceptors (Lipinski definition) is 3. The molecule has 19 heavy (non-hydrogen) atoms. The van der Waals surface area contributed by atoms with Gasteiger partial charge in [-0.3, -0.25) is 0 Å². The van der Waals surface area contributed by atoms with Gasteiger partial charge in [0.1, 0.15) is 0 Å². The van der Waals surface area contributed by atoms with Crippen LogP contribution in [-0.2, 0) is 6.18 Å². The quantitative estimate of drug-likeness (QED) is 0.894. The van der Waals surface area contributed by atoms with E-state index in [0.717, 1.165) is 30.6 Å². The van der Waals surface area contributed by atoms with Gasteiger partial charge >= 0.3 is 6.18 Å². The topological polar surface area (TPSA) is 38.9 Å². The summed E-state index contributed by atoms with van der Waals surface area (Å²) in [4.78, 5) is 4.19. The summed E-state index contributed by atoms with van der Waals surface area (Å²) in [6.45, 7) is 4.32. The zero-order valence-corrected chi connectivity index (χ0v) is 11.9. The van der Waals surface area contributed by atoms with Crippen LogP contribution in [0.5, 0.6) is 0 Å². The van der Waals surface area contributed by atoms with Gasteiger partial charge in [0, 0.05) is 23.0 Å². The van der Waals surface area contributed by atoms with Crippen molar-refractivity contribution < 1.29 is 13.2 Å². The lowest BCUT2D eigenvalue weighted by Gasteiger charge is -2.35. The highest BCUT2D eigenvalue weighted by molar-refractivity contribution is 7.11. The Morgan fingerprint density at radius 2 is 2.05 bits per heavy atom. The summed E-state index contributed by atoms with van der Waals surface area (Å²) in [5, 5.41) is -0.763. The molecular formula is C13H19F3N2S. The van der Waals surface area contributed by atoms with Crippen LogP contribution in [0.25, 0.3) is 0 Å². The molecule has 0 spiro atoms. The van der Waals surface area contributed by atoms with Crippen LogP contribution in [0.2, 0.25) is 0 Å². The summed E-state index contributed by atoms with van der Waals surface area (Å²) in [6, 6.07) is -0.0449. The molecular weight excluding hydrogens is 273 g/mol. The predicted molar refractivity (Wildman–Crippen MR) is 70.0 cm³/mol. The molecule has 0 aliphatic heterocycles. The highest BCUT2D eigenvalue weighted by atomic mass is 32.1. The van der Waals surface area contributed by atoms with E-state index in [1.807, 2.05) is 0 Å². The number of thiazole rings is 1. The normalized spacial score (nSPS) is 28.9. The fourth-order valence-corrected chi connectivity index (χ4v) is 3.72. The van der Waals surface area contributed by atoms with Crippen LogP contribution in [0.15, 0.2) is 6.20 Å². The van der Waals surface area contributed by atoms with E-state index >= 15 is 0 Å². The highest BCUT2D eigenvalue weighted by Gasteiger charge is 2.37. The van der Waals surface area contributed by atoms with Crippen molar-refractivity contribution in [1.82, 2.24) is 4.98 Å². The van der Waals surface area contributed by atoms with Gasteiger partial charge < -0.3 is 5.73 Å². The molecule has 0 radical (unpaired) electrons. The smallest absolute Gasteiger partial charge is 0.327 e. The lowest BCUT2D eigenvalue weighted by Crippen LogP contribution is -2.35. The number of halogens is 3. The van der Waals surface area contributed by atoms with Crippen molar-refractivity contribution in [2.75, 3.05) is 0 Å². The standard InChI is InChI=1S/C13H19F3N2S/c1-7(2)8-3-4-10(17)9(5-8)11-6-18-12(19-11)13(14,15)16/h6-10H,3-5,17H2,1-2H3. The Kier molecular flexibility index (Phi) is 4.20. The molecule has 1 fully saturated rings. The van der Waals surface area contributed by atoms with Crippen LogP contribution in [-0.4, -0.2) is 11.0 Å². The summed E-state index contributed by atoms with van der Waals surface area (Å²) in [6.07, 6.45) is -0.162. The summed E-state index contributed by atoms with van der Waals surface area (Å²) in [5.41, 5.74) is 6.09. The molecule has 3 atom stereocenters. The number of nitrogens with zero attached hydrogens (tertiary/aromatic N) is 1. The molecule has 0 amide bonds. The third-order valence-corrected chi connectivity index (χ3v) is 5.19. The first kappa shape index (κ1) is 14.8. The average Bonchev–Trinajstić information content (AvgIpc) is 2.78. The van der Waals surface area contributed by atoms with Crippen LogP contribution in [0.4, 0.5) is 13.2 Å². The van der Waals surface area contributed by atoms with Crippen molar-refractivity contribution in [2.45, 2.75) is 51.2 Å². The zero-order valence-electron chi connectivity index (χ0n) is 11.1. The summed E-state index contributed by atoms with van der Waals surface area (Å²) in [7, 11) is 0. The molecule has 1 aliphatic carbocycles. The molecule has 0 aromatic carbocycles. The van der Waals surface area contributed by atoms with Gasteiger partial charge in [-0.15, -0.1) is 11.3 Å². The maximum absolute atomic E-state index is 12.6. The molecule has 2 N–H and O–H groups in total. The second-order valence-electron chi connectivity index (χ2n) is 5.65. The molecule has 1 aromatic rings. The Bertz CT molecular complexity index is 428. The molecule has 1 aliphatic rings. The minimum Gasteiger partial charge on any atom is -0.327 e. The third-order valence-electron chi connectivity index (χ3n) is 4.02. The van der Waals surface area contributed by atoms with Gasteiger partial charge in [0.05, 0.1) is 0 Å². The van der Waals surface area contributed by atoms with E-state index in [4.69, 9.17) is 5.73 Å². The Hall–Kier alpha value is -0.620. The number of hydrogen-bond donors (Lipinski definition) is 1. The molecule has 1 heterocycles. The SMILES string of the molecule is CC(C)C1CCC(N)C(c2cnc(C(F)(F)F)s2)C1. The monoisotopic (exact) mass is 292 g/mol. The number of rotatable bonds is 2. The first-order valence-electron chi connectivity index (χ1n) is 6.57. The van der Waals surface area contributed by atoms with E-state index in [9.17, 15) is 13.2 Å². The van der Waals surface area contributed by atoms with Gasteiger partial charge in [0.15, 0.2) is 5.01 Å².